The van der Waals surface area contributed by atoms with E-state index in [1.165, 1.54) is 29.5 Å². The number of halogens is 3. The summed E-state index contributed by atoms with van der Waals surface area (Å²) in [6.07, 6.45) is -4.80. The maximum absolute atomic E-state index is 12.5. The van der Waals surface area contributed by atoms with Crippen molar-refractivity contribution in [3.8, 4) is 11.5 Å². The van der Waals surface area contributed by atoms with Crippen LogP contribution in [0.2, 0.25) is 0 Å². The van der Waals surface area contributed by atoms with Crippen LogP contribution in [-0.4, -0.2) is 38.0 Å². The third-order valence-corrected chi connectivity index (χ3v) is 5.11. The summed E-state index contributed by atoms with van der Waals surface area (Å²) in [5.74, 6) is -0.0587. The Bertz CT molecular complexity index is 1010. The Morgan fingerprint density at radius 2 is 1.90 bits per heavy atom. The number of methoxy groups -OCH3 is 1. The number of thiazole rings is 1. The zero-order valence-corrected chi connectivity index (χ0v) is 16.4. The minimum Gasteiger partial charge on any atom is -0.494 e. The summed E-state index contributed by atoms with van der Waals surface area (Å²) in [5, 5.41) is 3.23. The van der Waals surface area contributed by atoms with Gasteiger partial charge in [-0.3, -0.25) is 4.79 Å². The summed E-state index contributed by atoms with van der Waals surface area (Å²) in [7, 11) is 3.27. The summed E-state index contributed by atoms with van der Waals surface area (Å²) < 4.78 is 47.7. The lowest BCUT2D eigenvalue weighted by Crippen LogP contribution is -2.35. The van der Waals surface area contributed by atoms with Crippen molar-refractivity contribution in [3.63, 3.8) is 0 Å². The van der Waals surface area contributed by atoms with Crippen LogP contribution in [0, 0.1) is 0 Å². The van der Waals surface area contributed by atoms with Crippen molar-refractivity contribution in [1.29, 1.82) is 0 Å². The Morgan fingerprint density at radius 3 is 2.62 bits per heavy atom. The number of amides is 1. The van der Waals surface area contributed by atoms with Crippen LogP contribution in [0.3, 0.4) is 0 Å². The largest absolute Gasteiger partial charge is 0.573 e. The van der Waals surface area contributed by atoms with Crippen LogP contribution in [0.15, 0.2) is 42.5 Å². The highest BCUT2D eigenvalue weighted by Crippen LogP contribution is 2.33. The number of benzene rings is 2. The van der Waals surface area contributed by atoms with E-state index in [2.05, 4.69) is 15.0 Å². The summed E-state index contributed by atoms with van der Waals surface area (Å²) in [6.45, 7) is -0.100. The van der Waals surface area contributed by atoms with Gasteiger partial charge in [-0.15, -0.1) is 13.2 Å². The van der Waals surface area contributed by atoms with E-state index >= 15 is 0 Å². The lowest BCUT2D eigenvalue weighted by atomic mass is 10.2. The van der Waals surface area contributed by atoms with Crippen LogP contribution in [0.5, 0.6) is 11.5 Å². The molecule has 3 aromatic rings. The molecular weight excluding hydrogens is 407 g/mol. The first-order chi connectivity index (χ1) is 13.8. The molecule has 1 heterocycles. The van der Waals surface area contributed by atoms with E-state index in [1.54, 1.807) is 31.2 Å². The molecule has 1 aromatic heterocycles. The molecule has 0 aliphatic rings. The van der Waals surface area contributed by atoms with Gasteiger partial charge in [0.25, 0.3) is 0 Å². The van der Waals surface area contributed by atoms with Crippen LogP contribution in [0.1, 0.15) is 5.56 Å². The van der Waals surface area contributed by atoms with Crippen LogP contribution >= 0.6 is 11.3 Å². The smallest absolute Gasteiger partial charge is 0.494 e. The molecule has 0 aliphatic heterocycles. The minimum atomic E-state index is -4.80. The molecule has 0 unspecified atom stereocenters. The van der Waals surface area contributed by atoms with E-state index in [0.29, 0.717) is 16.4 Å². The highest BCUT2D eigenvalue weighted by atomic mass is 32.1. The quantitative estimate of drug-likeness (QED) is 0.621. The molecule has 3 rings (SSSR count). The normalized spacial score (nSPS) is 11.3. The molecule has 0 radical (unpaired) electrons. The fraction of sp³-hybridized carbons (Fsp3) is 0.263. The molecule has 0 atom stereocenters. The summed E-state index contributed by atoms with van der Waals surface area (Å²) in [6, 6.07) is 11.2. The van der Waals surface area contributed by atoms with E-state index < -0.39 is 6.36 Å². The number of rotatable bonds is 7. The average Bonchev–Trinajstić information content (AvgIpc) is 3.10. The zero-order chi connectivity index (χ0) is 21.0. The van der Waals surface area contributed by atoms with E-state index in [0.717, 1.165) is 4.70 Å². The second-order valence-corrected chi connectivity index (χ2v) is 7.10. The topological polar surface area (TPSA) is 63.7 Å². The van der Waals surface area contributed by atoms with Gasteiger partial charge in [0, 0.05) is 19.2 Å². The van der Waals surface area contributed by atoms with Gasteiger partial charge < -0.3 is 19.7 Å². The minimum absolute atomic E-state index is 0.00949. The van der Waals surface area contributed by atoms with Crippen LogP contribution in [0.4, 0.5) is 18.3 Å². The second-order valence-electron chi connectivity index (χ2n) is 6.09. The first-order valence-corrected chi connectivity index (χ1v) is 9.33. The van der Waals surface area contributed by atoms with Crippen molar-refractivity contribution in [3.05, 3.63) is 48.0 Å². The van der Waals surface area contributed by atoms with Crippen LogP contribution < -0.4 is 19.7 Å². The number of fused-ring (bicyclic) bond motifs is 1. The van der Waals surface area contributed by atoms with Crippen molar-refractivity contribution >= 4 is 32.6 Å². The third kappa shape index (κ3) is 5.29. The van der Waals surface area contributed by atoms with Crippen molar-refractivity contribution in [2.45, 2.75) is 12.9 Å². The van der Waals surface area contributed by atoms with Gasteiger partial charge in [0.1, 0.15) is 17.0 Å². The Kier molecular flexibility index (Phi) is 6.12. The summed E-state index contributed by atoms with van der Waals surface area (Å²) in [4.78, 5) is 18.4. The van der Waals surface area contributed by atoms with E-state index in [-0.39, 0.29) is 30.3 Å². The summed E-state index contributed by atoms with van der Waals surface area (Å²) >= 11 is 1.41. The number of likely N-dealkylation sites (N-methyl/N-ethyl adjacent to an activating group) is 1. The Morgan fingerprint density at radius 1 is 1.17 bits per heavy atom. The van der Waals surface area contributed by atoms with Gasteiger partial charge >= 0.3 is 6.36 Å². The molecule has 2 aromatic carbocycles. The number of anilines is 1. The molecule has 0 fully saturated rings. The average molecular weight is 425 g/mol. The predicted molar refractivity (Wildman–Crippen MR) is 104 cm³/mol. The molecule has 0 bridgehead atoms. The first kappa shape index (κ1) is 20.7. The number of nitrogens with one attached hydrogen (secondary N) is 1. The monoisotopic (exact) mass is 425 g/mol. The highest BCUT2D eigenvalue weighted by Gasteiger charge is 2.32. The highest BCUT2D eigenvalue weighted by molar-refractivity contribution is 7.22. The zero-order valence-electron chi connectivity index (χ0n) is 15.6. The number of hydrogen-bond acceptors (Lipinski definition) is 6. The molecule has 1 N–H and O–H groups in total. The summed E-state index contributed by atoms with van der Waals surface area (Å²) in [5.41, 5.74) is 0.936. The van der Waals surface area contributed by atoms with Crippen molar-refractivity contribution in [2.75, 3.05) is 25.6 Å². The van der Waals surface area contributed by atoms with Gasteiger partial charge in [-0.2, -0.15) is 0 Å². The predicted octanol–water partition coefficient (Wildman–Crippen LogP) is 3.96. The van der Waals surface area contributed by atoms with E-state index in [9.17, 15) is 18.0 Å². The lowest BCUT2D eigenvalue weighted by Gasteiger charge is -2.16. The maximum atomic E-state index is 12.5. The molecule has 154 valence electrons. The molecule has 6 nitrogen and oxygen atoms in total. The lowest BCUT2D eigenvalue weighted by molar-refractivity contribution is -0.274. The number of ether oxygens (including phenoxy) is 2. The molecular formula is C19H18F3N3O3S. The Hall–Kier alpha value is -3.01. The SMILES string of the molecule is COc1cccc2sc(N(C)CC(=O)NCc3ccccc3OC(F)(F)F)nc12. The Labute approximate surface area is 168 Å². The van der Waals surface area contributed by atoms with Gasteiger partial charge in [0.05, 0.1) is 18.4 Å². The van der Waals surface area contributed by atoms with Gasteiger partial charge in [0.15, 0.2) is 5.13 Å². The van der Waals surface area contributed by atoms with Crippen molar-refractivity contribution in [1.82, 2.24) is 10.3 Å². The first-order valence-electron chi connectivity index (χ1n) is 8.52. The third-order valence-electron chi connectivity index (χ3n) is 3.97. The number of alkyl halides is 3. The van der Waals surface area contributed by atoms with Crippen molar-refractivity contribution in [2.24, 2.45) is 0 Å². The number of hydrogen-bond donors (Lipinski definition) is 1. The molecule has 0 saturated heterocycles. The fourth-order valence-electron chi connectivity index (χ4n) is 2.65. The van der Waals surface area contributed by atoms with E-state index in [4.69, 9.17) is 4.74 Å². The van der Waals surface area contributed by atoms with E-state index in [1.807, 2.05) is 12.1 Å². The number of para-hydroxylation sites is 2. The van der Waals surface area contributed by atoms with Gasteiger partial charge in [0.2, 0.25) is 5.91 Å². The van der Waals surface area contributed by atoms with Crippen molar-refractivity contribution < 1.29 is 27.4 Å². The molecule has 0 aliphatic carbocycles. The molecule has 29 heavy (non-hydrogen) atoms. The van der Waals surface area contributed by atoms with Crippen LogP contribution in [0.25, 0.3) is 10.2 Å². The maximum Gasteiger partial charge on any atom is 0.573 e. The Balaban J connectivity index is 1.63. The van der Waals surface area contributed by atoms with Gasteiger partial charge in [-0.05, 0) is 18.2 Å². The molecule has 0 spiro atoms. The fourth-order valence-corrected chi connectivity index (χ4v) is 3.59. The molecule has 0 saturated carbocycles. The van der Waals surface area contributed by atoms with Gasteiger partial charge in [-0.1, -0.05) is 35.6 Å². The molecule has 10 heteroatoms. The van der Waals surface area contributed by atoms with Crippen LogP contribution in [-0.2, 0) is 11.3 Å². The number of aromatic nitrogens is 1. The number of carbonyl (C=O) groups excluding carboxylic acids is 1. The number of nitrogens with zero attached hydrogens (tertiary/aromatic N) is 2. The second kappa shape index (κ2) is 8.56. The molecule has 1 amide bonds. The standard InChI is InChI=1S/C19H18F3N3O3S/c1-25(18-24-17-14(27-2)8-5-9-15(17)29-18)11-16(26)23-10-12-6-3-4-7-13(12)28-19(20,21)22/h3-9H,10-11H2,1-2H3,(H,23,26). The van der Waals surface area contributed by atoms with Gasteiger partial charge in [-0.25, -0.2) is 4.98 Å². The number of carbonyl (C=O) groups is 1.